The number of thiophene rings is 1. The number of hydrogen-bond acceptors (Lipinski definition) is 3. The molecule has 1 heterocycles. The van der Waals surface area contributed by atoms with Crippen LogP contribution >= 0.6 is 22.9 Å². The van der Waals surface area contributed by atoms with Crippen LogP contribution in [0.25, 0.3) is 0 Å². The van der Waals surface area contributed by atoms with Gasteiger partial charge in [0.15, 0.2) is 0 Å². The van der Waals surface area contributed by atoms with Crippen LogP contribution in [0.3, 0.4) is 0 Å². The van der Waals surface area contributed by atoms with Crippen LogP contribution in [-0.4, -0.2) is 6.61 Å². The number of anilines is 1. The van der Waals surface area contributed by atoms with E-state index in [1.54, 1.807) is 11.3 Å². The van der Waals surface area contributed by atoms with Gasteiger partial charge in [-0.2, -0.15) is 11.3 Å². The van der Waals surface area contributed by atoms with Gasteiger partial charge in [-0.25, -0.2) is 0 Å². The topological polar surface area (TPSA) is 21.3 Å². The Kier molecular flexibility index (Phi) is 4.29. The van der Waals surface area contributed by atoms with Gasteiger partial charge in [0, 0.05) is 11.6 Å². The van der Waals surface area contributed by atoms with Crippen molar-refractivity contribution in [3.63, 3.8) is 0 Å². The van der Waals surface area contributed by atoms with Crippen molar-refractivity contribution >= 4 is 28.6 Å². The monoisotopic (exact) mass is 267 g/mol. The lowest BCUT2D eigenvalue weighted by Crippen LogP contribution is -2.02. The summed E-state index contributed by atoms with van der Waals surface area (Å²) in [5.74, 6) is 0.840. The molecule has 4 heteroatoms. The standard InChI is InChI=1S/C13H14ClNOS/c1-2-16-13-4-3-11(14)7-12(13)15-8-10-5-6-17-9-10/h3-7,9,15H,2,8H2,1H3. The van der Waals surface area contributed by atoms with Crippen molar-refractivity contribution in [1.29, 1.82) is 0 Å². The van der Waals surface area contributed by atoms with E-state index in [1.165, 1.54) is 5.56 Å². The van der Waals surface area contributed by atoms with Crippen molar-refractivity contribution in [2.24, 2.45) is 0 Å². The predicted molar refractivity (Wildman–Crippen MR) is 74.3 cm³/mol. The zero-order valence-electron chi connectivity index (χ0n) is 9.57. The molecule has 0 atom stereocenters. The molecule has 1 N–H and O–H groups in total. The van der Waals surface area contributed by atoms with E-state index in [-0.39, 0.29) is 0 Å². The van der Waals surface area contributed by atoms with Gasteiger partial charge in [0.25, 0.3) is 0 Å². The van der Waals surface area contributed by atoms with E-state index in [2.05, 4.69) is 22.1 Å². The fraction of sp³-hybridized carbons (Fsp3) is 0.231. The van der Waals surface area contributed by atoms with E-state index in [4.69, 9.17) is 16.3 Å². The van der Waals surface area contributed by atoms with Gasteiger partial charge in [-0.05, 0) is 47.5 Å². The Hall–Kier alpha value is -1.19. The van der Waals surface area contributed by atoms with Crippen molar-refractivity contribution in [3.8, 4) is 5.75 Å². The third-order valence-corrected chi connectivity index (χ3v) is 3.27. The first kappa shape index (κ1) is 12.3. The summed E-state index contributed by atoms with van der Waals surface area (Å²) in [5, 5.41) is 8.24. The average molecular weight is 268 g/mol. The first-order valence-electron chi connectivity index (χ1n) is 5.47. The molecule has 0 aliphatic heterocycles. The van der Waals surface area contributed by atoms with Crippen LogP contribution in [0.5, 0.6) is 5.75 Å². The maximum Gasteiger partial charge on any atom is 0.142 e. The van der Waals surface area contributed by atoms with Crippen molar-refractivity contribution in [3.05, 3.63) is 45.6 Å². The lowest BCUT2D eigenvalue weighted by atomic mass is 10.2. The summed E-state index contributed by atoms with van der Waals surface area (Å²) in [4.78, 5) is 0. The summed E-state index contributed by atoms with van der Waals surface area (Å²) in [5.41, 5.74) is 2.20. The van der Waals surface area contributed by atoms with Gasteiger partial charge in [-0.15, -0.1) is 0 Å². The first-order chi connectivity index (χ1) is 8.29. The van der Waals surface area contributed by atoms with Gasteiger partial charge in [-0.1, -0.05) is 11.6 Å². The zero-order valence-corrected chi connectivity index (χ0v) is 11.1. The second-order valence-corrected chi connectivity index (χ2v) is 4.78. The van der Waals surface area contributed by atoms with Gasteiger partial charge in [0.1, 0.15) is 5.75 Å². The number of nitrogens with one attached hydrogen (secondary N) is 1. The molecule has 0 unspecified atom stereocenters. The summed E-state index contributed by atoms with van der Waals surface area (Å²) >= 11 is 7.68. The summed E-state index contributed by atoms with van der Waals surface area (Å²) in [6.45, 7) is 3.40. The highest BCUT2D eigenvalue weighted by Crippen LogP contribution is 2.28. The molecule has 0 radical (unpaired) electrons. The molecule has 90 valence electrons. The van der Waals surface area contributed by atoms with E-state index in [0.717, 1.165) is 18.0 Å². The van der Waals surface area contributed by atoms with Crippen molar-refractivity contribution in [1.82, 2.24) is 0 Å². The van der Waals surface area contributed by atoms with E-state index < -0.39 is 0 Å². The molecule has 0 fully saturated rings. The van der Waals surface area contributed by atoms with Crippen LogP contribution in [0.15, 0.2) is 35.0 Å². The number of ether oxygens (including phenoxy) is 1. The summed E-state index contributed by atoms with van der Waals surface area (Å²) in [7, 11) is 0. The minimum Gasteiger partial charge on any atom is -0.492 e. The quantitative estimate of drug-likeness (QED) is 0.866. The average Bonchev–Trinajstić information content (AvgIpc) is 2.82. The number of halogens is 1. The molecule has 2 nitrogen and oxygen atoms in total. The molecule has 0 saturated carbocycles. The second kappa shape index (κ2) is 5.94. The van der Waals surface area contributed by atoms with Crippen LogP contribution in [0.1, 0.15) is 12.5 Å². The van der Waals surface area contributed by atoms with E-state index in [1.807, 2.05) is 25.1 Å². The lowest BCUT2D eigenvalue weighted by molar-refractivity contribution is 0.341. The molecular weight excluding hydrogens is 254 g/mol. The minimum absolute atomic E-state index is 0.648. The molecule has 0 saturated heterocycles. The van der Waals surface area contributed by atoms with Crippen molar-refractivity contribution in [2.75, 3.05) is 11.9 Å². The minimum atomic E-state index is 0.648. The Morgan fingerprint density at radius 3 is 2.94 bits per heavy atom. The molecule has 2 rings (SSSR count). The molecule has 1 aromatic carbocycles. The summed E-state index contributed by atoms with van der Waals surface area (Å²) < 4.78 is 5.54. The Labute approximate surface area is 110 Å². The molecule has 1 aromatic heterocycles. The third-order valence-electron chi connectivity index (χ3n) is 2.30. The molecule has 0 amide bonds. The third kappa shape index (κ3) is 3.38. The van der Waals surface area contributed by atoms with Crippen molar-refractivity contribution in [2.45, 2.75) is 13.5 Å². The zero-order chi connectivity index (χ0) is 12.1. The Morgan fingerprint density at radius 2 is 2.24 bits per heavy atom. The van der Waals surface area contributed by atoms with Gasteiger partial charge < -0.3 is 10.1 Å². The lowest BCUT2D eigenvalue weighted by Gasteiger charge is -2.12. The Balaban J connectivity index is 2.10. The predicted octanol–water partition coefficient (Wildman–Crippen LogP) is 4.41. The Bertz CT molecular complexity index is 470. The second-order valence-electron chi connectivity index (χ2n) is 3.56. The maximum atomic E-state index is 5.98. The summed E-state index contributed by atoms with van der Waals surface area (Å²) in [6, 6.07) is 7.71. The van der Waals surface area contributed by atoms with Crippen molar-refractivity contribution < 1.29 is 4.74 Å². The highest BCUT2D eigenvalue weighted by atomic mass is 35.5. The number of hydrogen-bond donors (Lipinski definition) is 1. The molecule has 0 aliphatic rings. The smallest absolute Gasteiger partial charge is 0.142 e. The van der Waals surface area contributed by atoms with E-state index in [0.29, 0.717) is 11.6 Å². The van der Waals surface area contributed by atoms with E-state index in [9.17, 15) is 0 Å². The summed E-state index contributed by atoms with van der Waals surface area (Å²) in [6.07, 6.45) is 0. The van der Waals surface area contributed by atoms with E-state index >= 15 is 0 Å². The highest BCUT2D eigenvalue weighted by molar-refractivity contribution is 7.07. The first-order valence-corrected chi connectivity index (χ1v) is 6.79. The molecule has 2 aromatic rings. The van der Waals surface area contributed by atoms with Crippen LogP contribution in [-0.2, 0) is 6.54 Å². The van der Waals surface area contributed by atoms with Gasteiger partial charge in [0.05, 0.1) is 12.3 Å². The van der Waals surface area contributed by atoms with Crippen LogP contribution in [0, 0.1) is 0 Å². The molecule has 17 heavy (non-hydrogen) atoms. The van der Waals surface area contributed by atoms with Gasteiger partial charge in [-0.3, -0.25) is 0 Å². The molecule has 0 bridgehead atoms. The molecule has 0 spiro atoms. The molecular formula is C13H14ClNOS. The van der Waals surface area contributed by atoms with Crippen LogP contribution in [0.4, 0.5) is 5.69 Å². The fourth-order valence-electron chi connectivity index (χ4n) is 1.51. The largest absolute Gasteiger partial charge is 0.492 e. The highest BCUT2D eigenvalue weighted by Gasteiger charge is 2.04. The Morgan fingerprint density at radius 1 is 1.35 bits per heavy atom. The van der Waals surface area contributed by atoms with Crippen LogP contribution < -0.4 is 10.1 Å². The number of benzene rings is 1. The molecule has 0 aliphatic carbocycles. The van der Waals surface area contributed by atoms with Gasteiger partial charge >= 0.3 is 0 Å². The maximum absolute atomic E-state index is 5.98. The van der Waals surface area contributed by atoms with Crippen LogP contribution in [0.2, 0.25) is 5.02 Å². The normalized spacial score (nSPS) is 10.2. The SMILES string of the molecule is CCOc1ccc(Cl)cc1NCc1ccsc1. The van der Waals surface area contributed by atoms with Gasteiger partial charge in [0.2, 0.25) is 0 Å². The fourth-order valence-corrected chi connectivity index (χ4v) is 2.35. The number of rotatable bonds is 5.